The second-order valence-electron chi connectivity index (χ2n) is 10.4. The summed E-state index contributed by atoms with van der Waals surface area (Å²) >= 11 is 0. The van der Waals surface area contributed by atoms with Gasteiger partial charge >= 0.3 is 0 Å². The molecule has 1 aromatic heterocycles. The molecule has 0 N–H and O–H groups in total. The number of likely N-dealkylation sites (tertiary alicyclic amines) is 1. The molecule has 0 unspecified atom stereocenters. The highest BCUT2D eigenvalue weighted by atomic mass is 16.2. The van der Waals surface area contributed by atoms with Crippen molar-refractivity contribution in [3.63, 3.8) is 0 Å². The number of piperazine rings is 1. The molecular formula is C29H39N5O. The van der Waals surface area contributed by atoms with Gasteiger partial charge in [0.15, 0.2) is 0 Å². The first-order valence-corrected chi connectivity index (χ1v) is 13.3. The molecule has 0 radical (unpaired) electrons. The third-order valence-corrected chi connectivity index (χ3v) is 7.79. The highest BCUT2D eigenvalue weighted by Gasteiger charge is 2.31. The number of carbonyl (C=O) groups excluding carboxylic acids is 1. The minimum Gasteiger partial charge on any atom is -0.368 e. The van der Waals surface area contributed by atoms with Crippen molar-refractivity contribution in [1.82, 2.24) is 19.4 Å². The maximum absolute atomic E-state index is 13.4. The second kappa shape index (κ2) is 10.4. The topological polar surface area (TPSA) is 44.6 Å². The van der Waals surface area contributed by atoms with Crippen LogP contribution in [0.4, 0.5) is 5.69 Å². The molecule has 3 heterocycles. The summed E-state index contributed by atoms with van der Waals surface area (Å²) in [6.07, 6.45) is 2.07. The van der Waals surface area contributed by atoms with Gasteiger partial charge in [0.2, 0.25) is 5.91 Å². The van der Waals surface area contributed by atoms with Gasteiger partial charge in [0, 0.05) is 45.0 Å². The van der Waals surface area contributed by atoms with Gasteiger partial charge in [0.1, 0.15) is 5.82 Å². The van der Waals surface area contributed by atoms with Crippen LogP contribution < -0.4 is 4.90 Å². The van der Waals surface area contributed by atoms with E-state index >= 15 is 0 Å². The molecule has 2 fully saturated rings. The third-order valence-electron chi connectivity index (χ3n) is 7.79. The smallest absolute Gasteiger partial charge is 0.227 e. The van der Waals surface area contributed by atoms with Crippen LogP contribution in [0.15, 0.2) is 48.5 Å². The van der Waals surface area contributed by atoms with Crippen LogP contribution in [-0.4, -0.2) is 64.5 Å². The van der Waals surface area contributed by atoms with E-state index in [4.69, 9.17) is 4.98 Å². The Morgan fingerprint density at radius 2 is 1.74 bits per heavy atom. The van der Waals surface area contributed by atoms with Crippen LogP contribution in [0.25, 0.3) is 11.0 Å². The predicted octanol–water partition coefficient (Wildman–Crippen LogP) is 4.74. The van der Waals surface area contributed by atoms with E-state index in [9.17, 15) is 4.79 Å². The first-order chi connectivity index (χ1) is 17.0. The molecule has 1 amide bonds. The summed E-state index contributed by atoms with van der Waals surface area (Å²) in [4.78, 5) is 25.3. The maximum atomic E-state index is 13.4. The normalized spacial score (nSPS) is 19.6. The Kier molecular flexibility index (Phi) is 7.09. The van der Waals surface area contributed by atoms with Crippen molar-refractivity contribution in [2.45, 2.75) is 52.6 Å². The number of piperidine rings is 1. The largest absolute Gasteiger partial charge is 0.368 e. The molecule has 2 aliphatic heterocycles. The molecule has 2 aliphatic rings. The van der Waals surface area contributed by atoms with E-state index < -0.39 is 0 Å². The van der Waals surface area contributed by atoms with E-state index in [1.807, 2.05) is 0 Å². The van der Waals surface area contributed by atoms with Gasteiger partial charge in [-0.25, -0.2) is 4.98 Å². The molecule has 1 atom stereocenters. The van der Waals surface area contributed by atoms with Gasteiger partial charge < -0.3 is 14.4 Å². The van der Waals surface area contributed by atoms with Gasteiger partial charge in [-0.2, -0.15) is 0 Å². The molecule has 2 aromatic carbocycles. The van der Waals surface area contributed by atoms with Crippen LogP contribution in [-0.2, 0) is 17.9 Å². The van der Waals surface area contributed by atoms with Crippen LogP contribution in [0, 0.1) is 5.92 Å². The SMILES string of the molecule is CCn1c(CN2CCC[C@H](C(=O)N3CCN(c4ccc(C(C)C)cc4)CC3)C2)nc2ccccc21. The third kappa shape index (κ3) is 5.08. The lowest BCUT2D eigenvalue weighted by Gasteiger charge is -2.39. The number of benzene rings is 2. The summed E-state index contributed by atoms with van der Waals surface area (Å²) in [5.74, 6) is 2.10. The number of nitrogens with zero attached hydrogens (tertiary/aromatic N) is 5. The Hall–Kier alpha value is -2.86. The highest BCUT2D eigenvalue weighted by Crippen LogP contribution is 2.25. The van der Waals surface area contributed by atoms with Crippen LogP contribution in [0.3, 0.4) is 0 Å². The fraction of sp³-hybridized carbons (Fsp3) is 0.517. The molecule has 35 heavy (non-hydrogen) atoms. The number of anilines is 1. The summed E-state index contributed by atoms with van der Waals surface area (Å²) in [6, 6.07) is 17.3. The van der Waals surface area contributed by atoms with E-state index in [1.54, 1.807) is 0 Å². The van der Waals surface area contributed by atoms with Crippen LogP contribution in [0.2, 0.25) is 0 Å². The number of carbonyl (C=O) groups is 1. The quantitative estimate of drug-likeness (QED) is 0.519. The average Bonchev–Trinajstić information content (AvgIpc) is 3.25. The number of hydrogen-bond acceptors (Lipinski definition) is 4. The van der Waals surface area contributed by atoms with E-state index in [0.717, 1.165) is 76.5 Å². The van der Waals surface area contributed by atoms with Crippen molar-refractivity contribution in [3.8, 4) is 0 Å². The fourth-order valence-corrected chi connectivity index (χ4v) is 5.71. The standard InChI is InChI=1S/C29H39N5O/c1-4-34-27-10-6-5-9-26(27)30-28(34)21-31-15-7-8-24(20-31)29(35)33-18-16-32(17-19-33)25-13-11-23(12-14-25)22(2)3/h5-6,9-14,22,24H,4,7-8,15-21H2,1-3H3/t24-/m0/s1. The molecule has 6 heteroatoms. The number of aryl methyl sites for hydroxylation is 1. The Bertz CT molecular complexity index is 1140. The van der Waals surface area contributed by atoms with E-state index in [2.05, 4.69) is 88.6 Å². The zero-order chi connectivity index (χ0) is 24.4. The molecule has 6 nitrogen and oxygen atoms in total. The van der Waals surface area contributed by atoms with Crippen LogP contribution in [0.1, 0.15) is 50.9 Å². The Morgan fingerprint density at radius 3 is 2.46 bits per heavy atom. The van der Waals surface area contributed by atoms with Gasteiger partial charge in [0.05, 0.1) is 23.5 Å². The maximum Gasteiger partial charge on any atom is 0.227 e. The minimum atomic E-state index is 0.0973. The number of imidazole rings is 1. The average molecular weight is 474 g/mol. The second-order valence-corrected chi connectivity index (χ2v) is 10.4. The zero-order valence-electron chi connectivity index (χ0n) is 21.5. The van der Waals surface area contributed by atoms with Gasteiger partial charge in [-0.05, 0) is 62.1 Å². The van der Waals surface area contributed by atoms with Gasteiger partial charge in [0.25, 0.3) is 0 Å². The molecule has 0 spiro atoms. The summed E-state index contributed by atoms with van der Waals surface area (Å²) in [5.41, 5.74) is 4.90. The number of amides is 1. The molecular weight excluding hydrogens is 434 g/mol. The summed E-state index contributed by atoms with van der Waals surface area (Å²) < 4.78 is 2.31. The molecule has 3 aromatic rings. The van der Waals surface area contributed by atoms with Crippen molar-refractivity contribution in [2.75, 3.05) is 44.2 Å². The van der Waals surface area contributed by atoms with Crippen molar-refractivity contribution >= 4 is 22.6 Å². The minimum absolute atomic E-state index is 0.0973. The summed E-state index contributed by atoms with van der Waals surface area (Å²) in [7, 11) is 0. The first kappa shape index (κ1) is 23.9. The summed E-state index contributed by atoms with van der Waals surface area (Å²) in [5, 5.41) is 0. The lowest BCUT2D eigenvalue weighted by atomic mass is 9.96. The fourth-order valence-electron chi connectivity index (χ4n) is 5.71. The van der Waals surface area contributed by atoms with Crippen LogP contribution >= 0.6 is 0 Å². The van der Waals surface area contributed by atoms with E-state index in [1.165, 1.54) is 16.8 Å². The number of para-hydroxylation sites is 2. The predicted molar refractivity (Wildman–Crippen MR) is 143 cm³/mol. The van der Waals surface area contributed by atoms with Crippen molar-refractivity contribution < 1.29 is 4.79 Å². The Balaban J connectivity index is 1.18. The Labute approximate surface area is 209 Å². The molecule has 0 aliphatic carbocycles. The lowest BCUT2D eigenvalue weighted by molar-refractivity contribution is -0.137. The zero-order valence-corrected chi connectivity index (χ0v) is 21.5. The number of aromatic nitrogens is 2. The highest BCUT2D eigenvalue weighted by molar-refractivity contribution is 5.79. The molecule has 2 saturated heterocycles. The Morgan fingerprint density at radius 1 is 1.00 bits per heavy atom. The van der Waals surface area contributed by atoms with Crippen molar-refractivity contribution in [2.24, 2.45) is 5.92 Å². The monoisotopic (exact) mass is 473 g/mol. The van der Waals surface area contributed by atoms with E-state index in [0.29, 0.717) is 11.8 Å². The van der Waals surface area contributed by atoms with Gasteiger partial charge in [-0.15, -0.1) is 0 Å². The number of hydrogen-bond donors (Lipinski definition) is 0. The van der Waals surface area contributed by atoms with E-state index in [-0.39, 0.29) is 5.92 Å². The molecule has 0 saturated carbocycles. The summed E-state index contributed by atoms with van der Waals surface area (Å²) in [6.45, 7) is 13.7. The van der Waals surface area contributed by atoms with Gasteiger partial charge in [-0.3, -0.25) is 9.69 Å². The van der Waals surface area contributed by atoms with Crippen molar-refractivity contribution in [1.29, 1.82) is 0 Å². The first-order valence-electron chi connectivity index (χ1n) is 13.3. The number of rotatable bonds is 6. The van der Waals surface area contributed by atoms with Crippen LogP contribution in [0.5, 0.6) is 0 Å². The number of fused-ring (bicyclic) bond motifs is 1. The molecule has 5 rings (SSSR count). The van der Waals surface area contributed by atoms with Crippen molar-refractivity contribution in [3.05, 3.63) is 59.9 Å². The lowest BCUT2D eigenvalue weighted by Crippen LogP contribution is -2.52. The molecule has 186 valence electrons. The van der Waals surface area contributed by atoms with Gasteiger partial charge in [-0.1, -0.05) is 38.1 Å². The molecule has 0 bridgehead atoms.